The number of rotatable bonds is 8. The average Bonchev–Trinajstić information content (AvgIpc) is 3.28. The summed E-state index contributed by atoms with van der Waals surface area (Å²) in [4.78, 5) is 4.69. The molecule has 2 aromatic carbocycles. The quantitative estimate of drug-likeness (QED) is 0.278. The van der Waals surface area contributed by atoms with E-state index >= 15 is 0 Å². The zero-order valence-electron chi connectivity index (χ0n) is 16.8. The average molecular weight is 505 g/mol. The van der Waals surface area contributed by atoms with Crippen molar-refractivity contribution in [1.82, 2.24) is 20.4 Å². The van der Waals surface area contributed by atoms with Crippen molar-refractivity contribution in [2.45, 2.75) is 19.9 Å². The molecule has 0 aliphatic heterocycles. The van der Waals surface area contributed by atoms with Gasteiger partial charge in [0.1, 0.15) is 5.75 Å². The minimum atomic E-state index is 0. The molecule has 0 radical (unpaired) electrons. The summed E-state index contributed by atoms with van der Waals surface area (Å²) >= 11 is 0. The van der Waals surface area contributed by atoms with Crippen molar-refractivity contribution in [3.63, 3.8) is 0 Å². The Balaban J connectivity index is 0.00000300. The van der Waals surface area contributed by atoms with E-state index in [0.29, 0.717) is 6.54 Å². The highest BCUT2D eigenvalue weighted by molar-refractivity contribution is 14.0. The van der Waals surface area contributed by atoms with Gasteiger partial charge in [-0.05, 0) is 54.8 Å². The number of halogens is 1. The maximum atomic E-state index is 5.20. The first-order chi connectivity index (χ1) is 13.8. The minimum absolute atomic E-state index is 0. The van der Waals surface area contributed by atoms with E-state index in [4.69, 9.17) is 4.74 Å². The normalized spacial score (nSPS) is 10.9. The molecule has 3 rings (SSSR count). The standard InChI is InChI=1S/C22H27N5O.HI/c1-3-23-22(24-15-13-18-7-11-21(28-2)12-8-18)25-17-19-5-9-20(10-6-19)27-16-4-14-26-27;/h4-12,14,16H,3,13,15,17H2,1-2H3,(H2,23,24,25);1H. The molecule has 0 bridgehead atoms. The Hall–Kier alpha value is -2.55. The summed E-state index contributed by atoms with van der Waals surface area (Å²) in [6.45, 7) is 4.33. The number of nitrogens with one attached hydrogen (secondary N) is 2. The molecule has 0 spiro atoms. The first-order valence-corrected chi connectivity index (χ1v) is 9.52. The molecule has 3 aromatic rings. The van der Waals surface area contributed by atoms with Crippen LogP contribution >= 0.6 is 24.0 Å². The smallest absolute Gasteiger partial charge is 0.191 e. The van der Waals surface area contributed by atoms with Crippen molar-refractivity contribution in [2.24, 2.45) is 4.99 Å². The Morgan fingerprint density at radius 2 is 1.76 bits per heavy atom. The summed E-state index contributed by atoms with van der Waals surface area (Å²) in [6.07, 6.45) is 4.63. The van der Waals surface area contributed by atoms with Crippen LogP contribution in [0.4, 0.5) is 0 Å². The predicted octanol–water partition coefficient (Wildman–Crippen LogP) is 3.80. The lowest BCUT2D eigenvalue weighted by molar-refractivity contribution is 0.414. The van der Waals surface area contributed by atoms with Crippen LogP contribution in [0.25, 0.3) is 5.69 Å². The largest absolute Gasteiger partial charge is 0.497 e. The number of methoxy groups -OCH3 is 1. The van der Waals surface area contributed by atoms with Crippen molar-refractivity contribution < 1.29 is 4.74 Å². The highest BCUT2D eigenvalue weighted by Crippen LogP contribution is 2.11. The molecule has 0 saturated heterocycles. The number of aromatic nitrogens is 2. The molecule has 7 heteroatoms. The summed E-state index contributed by atoms with van der Waals surface area (Å²) in [5, 5.41) is 10.9. The number of hydrogen-bond acceptors (Lipinski definition) is 3. The molecule has 0 aliphatic carbocycles. The number of nitrogens with zero attached hydrogens (tertiary/aromatic N) is 3. The van der Waals surface area contributed by atoms with Crippen molar-refractivity contribution in [3.8, 4) is 11.4 Å². The molecule has 1 aromatic heterocycles. The van der Waals surface area contributed by atoms with Gasteiger partial charge in [0.25, 0.3) is 0 Å². The minimum Gasteiger partial charge on any atom is -0.497 e. The number of hydrogen-bond donors (Lipinski definition) is 2. The molecular weight excluding hydrogens is 477 g/mol. The van der Waals surface area contributed by atoms with E-state index in [1.54, 1.807) is 13.3 Å². The van der Waals surface area contributed by atoms with Gasteiger partial charge in [0.15, 0.2) is 5.96 Å². The van der Waals surface area contributed by atoms with Crippen molar-refractivity contribution >= 4 is 29.9 Å². The van der Waals surface area contributed by atoms with Gasteiger partial charge in [0.2, 0.25) is 0 Å². The van der Waals surface area contributed by atoms with Gasteiger partial charge < -0.3 is 15.4 Å². The Morgan fingerprint density at radius 3 is 2.38 bits per heavy atom. The van der Waals surface area contributed by atoms with Gasteiger partial charge in [-0.2, -0.15) is 5.10 Å². The first-order valence-electron chi connectivity index (χ1n) is 9.52. The molecule has 0 atom stereocenters. The highest BCUT2D eigenvalue weighted by Gasteiger charge is 2.00. The summed E-state index contributed by atoms with van der Waals surface area (Å²) < 4.78 is 7.04. The summed E-state index contributed by atoms with van der Waals surface area (Å²) in [5.74, 6) is 1.71. The molecule has 0 aliphatic rings. The summed E-state index contributed by atoms with van der Waals surface area (Å²) in [6, 6.07) is 18.4. The second kappa shape index (κ2) is 12.1. The summed E-state index contributed by atoms with van der Waals surface area (Å²) in [7, 11) is 1.68. The molecule has 2 N–H and O–H groups in total. The molecular formula is C22H28IN5O. The van der Waals surface area contributed by atoms with Gasteiger partial charge in [-0.15, -0.1) is 24.0 Å². The van der Waals surface area contributed by atoms with Crippen LogP contribution in [0.5, 0.6) is 5.75 Å². The van der Waals surface area contributed by atoms with Crippen molar-refractivity contribution in [1.29, 1.82) is 0 Å². The van der Waals surface area contributed by atoms with E-state index in [9.17, 15) is 0 Å². The van der Waals surface area contributed by atoms with Gasteiger partial charge >= 0.3 is 0 Å². The molecule has 154 valence electrons. The maximum absolute atomic E-state index is 5.20. The Kier molecular flexibility index (Phi) is 9.49. The number of benzene rings is 2. The molecule has 0 amide bonds. The van der Waals surface area contributed by atoms with Crippen LogP contribution in [0, 0.1) is 0 Å². The lowest BCUT2D eigenvalue weighted by Crippen LogP contribution is -2.38. The zero-order chi connectivity index (χ0) is 19.6. The molecule has 0 saturated carbocycles. The van der Waals surface area contributed by atoms with E-state index < -0.39 is 0 Å². The van der Waals surface area contributed by atoms with E-state index in [1.807, 2.05) is 29.1 Å². The van der Waals surface area contributed by atoms with Crippen LogP contribution in [0.15, 0.2) is 72.0 Å². The van der Waals surface area contributed by atoms with E-state index in [-0.39, 0.29) is 24.0 Å². The van der Waals surface area contributed by atoms with Crippen LogP contribution in [-0.2, 0) is 13.0 Å². The second-order valence-electron chi connectivity index (χ2n) is 6.34. The van der Waals surface area contributed by atoms with Crippen molar-refractivity contribution in [2.75, 3.05) is 20.2 Å². The van der Waals surface area contributed by atoms with E-state index in [0.717, 1.165) is 42.5 Å². The molecule has 1 heterocycles. The Labute approximate surface area is 189 Å². The maximum Gasteiger partial charge on any atom is 0.191 e. The van der Waals surface area contributed by atoms with Crippen molar-refractivity contribution in [3.05, 3.63) is 78.1 Å². The monoisotopic (exact) mass is 505 g/mol. The fraction of sp³-hybridized carbons (Fsp3) is 0.273. The van der Waals surface area contributed by atoms with Crippen LogP contribution in [0.1, 0.15) is 18.1 Å². The highest BCUT2D eigenvalue weighted by atomic mass is 127. The van der Waals surface area contributed by atoms with E-state index in [2.05, 4.69) is 64.0 Å². The molecule has 0 unspecified atom stereocenters. The van der Waals surface area contributed by atoms with Crippen LogP contribution in [0.3, 0.4) is 0 Å². The van der Waals surface area contributed by atoms with Gasteiger partial charge in [0.05, 0.1) is 19.3 Å². The topological polar surface area (TPSA) is 63.5 Å². The Morgan fingerprint density at radius 1 is 1.03 bits per heavy atom. The number of ether oxygens (including phenoxy) is 1. The third kappa shape index (κ3) is 7.08. The van der Waals surface area contributed by atoms with Crippen LogP contribution < -0.4 is 15.4 Å². The van der Waals surface area contributed by atoms with Gasteiger partial charge in [-0.25, -0.2) is 9.67 Å². The lowest BCUT2D eigenvalue weighted by Gasteiger charge is -2.11. The molecule has 0 fully saturated rings. The first kappa shape index (κ1) is 22.7. The van der Waals surface area contributed by atoms with Crippen LogP contribution in [0.2, 0.25) is 0 Å². The van der Waals surface area contributed by atoms with Gasteiger partial charge in [-0.3, -0.25) is 0 Å². The second-order valence-corrected chi connectivity index (χ2v) is 6.34. The molecule has 29 heavy (non-hydrogen) atoms. The van der Waals surface area contributed by atoms with Gasteiger partial charge in [-0.1, -0.05) is 24.3 Å². The van der Waals surface area contributed by atoms with Crippen LogP contribution in [-0.4, -0.2) is 35.9 Å². The van der Waals surface area contributed by atoms with E-state index in [1.165, 1.54) is 5.56 Å². The zero-order valence-corrected chi connectivity index (χ0v) is 19.2. The molecule has 6 nitrogen and oxygen atoms in total. The fourth-order valence-electron chi connectivity index (χ4n) is 2.81. The Bertz CT molecular complexity index is 861. The predicted molar refractivity (Wildman–Crippen MR) is 128 cm³/mol. The summed E-state index contributed by atoms with van der Waals surface area (Å²) in [5.41, 5.74) is 3.46. The third-order valence-electron chi connectivity index (χ3n) is 4.33. The fourth-order valence-corrected chi connectivity index (χ4v) is 2.81. The number of guanidine groups is 1. The number of aliphatic imine (C=N–C) groups is 1. The van der Waals surface area contributed by atoms with Gasteiger partial charge in [0, 0.05) is 25.5 Å². The lowest BCUT2D eigenvalue weighted by atomic mass is 10.1. The SMILES string of the molecule is CCNC(=NCc1ccc(-n2cccn2)cc1)NCCc1ccc(OC)cc1.I. The third-order valence-corrected chi connectivity index (χ3v) is 4.33.